The van der Waals surface area contributed by atoms with E-state index in [4.69, 9.17) is 9.57 Å². The molecule has 0 aliphatic carbocycles. The summed E-state index contributed by atoms with van der Waals surface area (Å²) in [5, 5.41) is 13.9. The fourth-order valence-corrected chi connectivity index (χ4v) is 3.41. The van der Waals surface area contributed by atoms with E-state index in [9.17, 15) is 27.5 Å². The zero-order chi connectivity index (χ0) is 22.6. The number of carboxylic acids is 1. The van der Waals surface area contributed by atoms with Crippen LogP contribution in [0.2, 0.25) is 0 Å². The van der Waals surface area contributed by atoms with Crippen LogP contribution < -0.4 is 0 Å². The largest absolute Gasteiger partial charge is 0.478 e. The van der Waals surface area contributed by atoms with Crippen LogP contribution in [0.5, 0.6) is 0 Å². The van der Waals surface area contributed by atoms with Gasteiger partial charge in [0.25, 0.3) is 5.60 Å². The highest BCUT2D eigenvalue weighted by molar-refractivity contribution is 5.93. The SMILES string of the molecule is CCCC1=NOC(C(=O)O)(C(OCc2ccc(F)cc2)c2ccc(C(F)(F)F)cc2)C1. The molecule has 0 radical (unpaired) electrons. The number of aliphatic carboxylic acids is 1. The lowest BCUT2D eigenvalue weighted by molar-refractivity contribution is -0.187. The van der Waals surface area contributed by atoms with Gasteiger partial charge in [-0.3, -0.25) is 0 Å². The van der Waals surface area contributed by atoms with Crippen LogP contribution in [0.15, 0.2) is 53.7 Å². The van der Waals surface area contributed by atoms with Crippen LogP contribution >= 0.6 is 0 Å². The van der Waals surface area contributed by atoms with Gasteiger partial charge in [-0.2, -0.15) is 13.2 Å². The van der Waals surface area contributed by atoms with Crippen LogP contribution in [0, 0.1) is 5.82 Å². The predicted molar refractivity (Wildman–Crippen MR) is 104 cm³/mol. The Kier molecular flexibility index (Phi) is 6.64. The van der Waals surface area contributed by atoms with Gasteiger partial charge in [0.15, 0.2) is 0 Å². The quantitative estimate of drug-likeness (QED) is 0.552. The Morgan fingerprint density at radius 1 is 1.19 bits per heavy atom. The van der Waals surface area contributed by atoms with Crippen LogP contribution in [-0.4, -0.2) is 22.4 Å². The number of rotatable bonds is 8. The summed E-state index contributed by atoms with van der Waals surface area (Å²) in [6, 6.07) is 9.47. The molecule has 2 aromatic carbocycles. The number of benzene rings is 2. The van der Waals surface area contributed by atoms with Crippen molar-refractivity contribution in [2.24, 2.45) is 5.16 Å². The lowest BCUT2D eigenvalue weighted by Crippen LogP contribution is -2.46. The van der Waals surface area contributed by atoms with Crippen LogP contribution in [-0.2, 0) is 27.2 Å². The van der Waals surface area contributed by atoms with E-state index in [-0.39, 0.29) is 18.6 Å². The molecule has 0 spiro atoms. The van der Waals surface area contributed by atoms with Crippen LogP contribution in [0.4, 0.5) is 17.6 Å². The van der Waals surface area contributed by atoms with Crippen molar-refractivity contribution in [1.82, 2.24) is 0 Å². The molecule has 0 saturated heterocycles. The number of carbonyl (C=O) groups is 1. The zero-order valence-corrected chi connectivity index (χ0v) is 16.7. The van der Waals surface area contributed by atoms with Gasteiger partial charge in [-0.05, 0) is 41.8 Å². The summed E-state index contributed by atoms with van der Waals surface area (Å²) in [5.41, 5.74) is -1.50. The molecular formula is C22H21F4NO4. The first-order chi connectivity index (χ1) is 14.7. The van der Waals surface area contributed by atoms with Crippen LogP contribution in [0.1, 0.15) is 49.0 Å². The molecule has 5 nitrogen and oxygen atoms in total. The number of carboxylic acid groups (broad SMARTS) is 1. The summed E-state index contributed by atoms with van der Waals surface area (Å²) in [6.07, 6.45) is -4.61. The van der Waals surface area contributed by atoms with Crippen molar-refractivity contribution in [2.45, 2.75) is 50.7 Å². The van der Waals surface area contributed by atoms with Crippen molar-refractivity contribution in [3.05, 3.63) is 71.0 Å². The molecule has 166 valence electrons. The molecule has 1 aliphatic rings. The Morgan fingerprint density at radius 2 is 1.84 bits per heavy atom. The third kappa shape index (κ3) is 5.04. The number of nitrogens with zero attached hydrogens (tertiary/aromatic N) is 1. The first-order valence-electron chi connectivity index (χ1n) is 9.66. The van der Waals surface area contributed by atoms with E-state index in [1.165, 1.54) is 36.4 Å². The Bertz CT molecular complexity index is 941. The molecule has 3 rings (SSSR count). The minimum atomic E-state index is -4.53. The van der Waals surface area contributed by atoms with Crippen molar-refractivity contribution in [1.29, 1.82) is 0 Å². The summed E-state index contributed by atoms with van der Waals surface area (Å²) in [4.78, 5) is 17.6. The maximum Gasteiger partial charge on any atom is 0.416 e. The number of hydrogen-bond acceptors (Lipinski definition) is 4. The van der Waals surface area contributed by atoms with Gasteiger partial charge in [-0.1, -0.05) is 42.8 Å². The van der Waals surface area contributed by atoms with Crippen molar-refractivity contribution < 1.29 is 37.0 Å². The summed E-state index contributed by atoms with van der Waals surface area (Å²) in [5.74, 6) is -1.78. The van der Waals surface area contributed by atoms with E-state index < -0.39 is 35.2 Å². The first-order valence-corrected chi connectivity index (χ1v) is 9.66. The number of halogens is 4. The molecule has 1 heterocycles. The lowest BCUT2D eigenvalue weighted by atomic mass is 9.85. The molecular weight excluding hydrogens is 418 g/mol. The first kappa shape index (κ1) is 22.7. The molecule has 0 saturated carbocycles. The van der Waals surface area contributed by atoms with E-state index in [1.807, 2.05) is 6.92 Å². The minimum Gasteiger partial charge on any atom is -0.478 e. The molecule has 1 N–H and O–H groups in total. The molecule has 0 amide bonds. The zero-order valence-electron chi connectivity index (χ0n) is 16.7. The second-order valence-corrected chi connectivity index (χ2v) is 7.31. The van der Waals surface area contributed by atoms with Gasteiger partial charge in [-0.15, -0.1) is 0 Å². The standard InChI is InChI=1S/C22H21F4NO4/c1-2-3-18-12-21(20(28)29,31-27-18)19(30-13-14-4-10-17(23)11-5-14)15-6-8-16(9-7-15)22(24,25)26/h4-11,19H,2-3,12-13H2,1H3,(H,28,29). The average Bonchev–Trinajstić information content (AvgIpc) is 3.15. The molecule has 31 heavy (non-hydrogen) atoms. The summed E-state index contributed by atoms with van der Waals surface area (Å²) < 4.78 is 57.9. The highest BCUT2D eigenvalue weighted by atomic mass is 19.4. The van der Waals surface area contributed by atoms with Gasteiger partial charge in [0, 0.05) is 6.42 Å². The third-order valence-electron chi connectivity index (χ3n) is 5.00. The Labute approximate surface area is 176 Å². The Balaban J connectivity index is 1.94. The highest BCUT2D eigenvalue weighted by Gasteiger charge is 2.54. The van der Waals surface area contributed by atoms with Crippen LogP contribution in [0.25, 0.3) is 0 Å². The Hall–Kier alpha value is -2.94. The van der Waals surface area contributed by atoms with Gasteiger partial charge in [0.1, 0.15) is 11.9 Å². The number of alkyl halides is 3. The smallest absolute Gasteiger partial charge is 0.416 e. The van der Waals surface area contributed by atoms with Gasteiger partial charge in [-0.25, -0.2) is 9.18 Å². The van der Waals surface area contributed by atoms with Crippen molar-refractivity contribution in [3.8, 4) is 0 Å². The van der Waals surface area contributed by atoms with Crippen molar-refractivity contribution in [2.75, 3.05) is 0 Å². The fourth-order valence-electron chi connectivity index (χ4n) is 3.41. The van der Waals surface area contributed by atoms with E-state index in [0.29, 0.717) is 17.7 Å². The van der Waals surface area contributed by atoms with Gasteiger partial charge < -0.3 is 14.7 Å². The maximum absolute atomic E-state index is 13.2. The topological polar surface area (TPSA) is 68.1 Å². The fraction of sp³-hybridized carbons (Fsp3) is 0.364. The Morgan fingerprint density at radius 3 is 2.39 bits per heavy atom. The summed E-state index contributed by atoms with van der Waals surface area (Å²) in [7, 11) is 0. The van der Waals surface area contributed by atoms with Gasteiger partial charge in [0.05, 0.1) is 17.9 Å². The molecule has 0 aromatic heterocycles. The average molecular weight is 439 g/mol. The van der Waals surface area contributed by atoms with Gasteiger partial charge >= 0.3 is 12.1 Å². The molecule has 1 aliphatic heterocycles. The van der Waals surface area contributed by atoms with E-state index >= 15 is 0 Å². The molecule has 0 fully saturated rings. The molecule has 9 heteroatoms. The maximum atomic E-state index is 13.2. The summed E-state index contributed by atoms with van der Waals surface area (Å²) in [6.45, 7) is 1.80. The van der Waals surface area contributed by atoms with E-state index in [2.05, 4.69) is 5.16 Å². The molecule has 2 atom stereocenters. The second-order valence-electron chi connectivity index (χ2n) is 7.31. The molecule has 2 aromatic rings. The van der Waals surface area contributed by atoms with Crippen LogP contribution in [0.3, 0.4) is 0 Å². The molecule has 2 unspecified atom stereocenters. The minimum absolute atomic E-state index is 0.0642. The highest BCUT2D eigenvalue weighted by Crippen LogP contribution is 2.42. The monoisotopic (exact) mass is 439 g/mol. The van der Waals surface area contributed by atoms with E-state index in [0.717, 1.165) is 18.6 Å². The number of ether oxygens (including phenoxy) is 1. The van der Waals surface area contributed by atoms with Crippen molar-refractivity contribution in [3.63, 3.8) is 0 Å². The normalized spacial score (nSPS) is 19.6. The number of hydrogen-bond donors (Lipinski definition) is 1. The lowest BCUT2D eigenvalue weighted by Gasteiger charge is -2.31. The molecule has 0 bridgehead atoms. The van der Waals surface area contributed by atoms with E-state index in [1.54, 1.807) is 0 Å². The predicted octanol–water partition coefficient (Wildman–Crippen LogP) is 5.50. The van der Waals surface area contributed by atoms with Crippen molar-refractivity contribution >= 4 is 11.7 Å². The van der Waals surface area contributed by atoms with Gasteiger partial charge in [0.2, 0.25) is 0 Å². The second kappa shape index (κ2) is 9.05. The number of oxime groups is 1. The summed E-state index contributed by atoms with van der Waals surface area (Å²) >= 11 is 0. The third-order valence-corrected chi connectivity index (χ3v) is 5.00.